The summed E-state index contributed by atoms with van der Waals surface area (Å²) in [6, 6.07) is 0.220. The molecule has 0 amide bonds. The van der Waals surface area contributed by atoms with E-state index in [1.807, 2.05) is 0 Å². The number of rotatable bonds is 4. The lowest BCUT2D eigenvalue weighted by atomic mass is 9.87. The Morgan fingerprint density at radius 3 is 2.38 bits per heavy atom. The van der Waals surface area contributed by atoms with Crippen molar-refractivity contribution < 1.29 is 13.0 Å². The molecule has 1 saturated carbocycles. The van der Waals surface area contributed by atoms with E-state index in [0.29, 0.717) is 5.92 Å². The van der Waals surface area contributed by atoms with Crippen molar-refractivity contribution in [3.8, 4) is 0 Å². The van der Waals surface area contributed by atoms with Crippen LogP contribution in [0, 0.1) is 11.8 Å². The van der Waals surface area contributed by atoms with Crippen molar-refractivity contribution in [3.63, 3.8) is 0 Å². The predicted octanol–water partition coefficient (Wildman–Crippen LogP) is 2.02. The molecule has 1 aliphatic carbocycles. The summed E-state index contributed by atoms with van der Waals surface area (Å²) in [6.45, 7) is 5.79. The fourth-order valence-corrected chi connectivity index (χ4v) is 3.49. The van der Waals surface area contributed by atoms with Gasteiger partial charge in [0.2, 0.25) is 0 Å². The number of hydrogen-bond donors (Lipinski definition) is 2. The van der Waals surface area contributed by atoms with Crippen LogP contribution < -0.4 is 5.32 Å². The van der Waals surface area contributed by atoms with Crippen molar-refractivity contribution in [1.82, 2.24) is 5.32 Å². The molecule has 1 fully saturated rings. The number of hydrogen-bond acceptors (Lipinski definition) is 3. The standard InChI is InChI=1S/C11H23NO3S/c1-8(2)11(16(13,14)15)12-10-6-4-5-9(3)7-10/h8-12H,4-7H2,1-3H3,(H,13,14,15). The highest BCUT2D eigenvalue weighted by Gasteiger charge is 2.30. The summed E-state index contributed by atoms with van der Waals surface area (Å²) in [7, 11) is -3.99. The molecule has 96 valence electrons. The van der Waals surface area contributed by atoms with E-state index >= 15 is 0 Å². The Bertz CT molecular complexity index is 313. The van der Waals surface area contributed by atoms with Crippen LogP contribution in [-0.2, 0) is 10.1 Å². The lowest BCUT2D eigenvalue weighted by molar-refractivity contribution is 0.276. The zero-order valence-electron chi connectivity index (χ0n) is 10.3. The summed E-state index contributed by atoms with van der Waals surface area (Å²) in [4.78, 5) is 0. The first kappa shape index (κ1) is 13.9. The van der Waals surface area contributed by atoms with Crippen molar-refractivity contribution in [3.05, 3.63) is 0 Å². The molecule has 0 aromatic carbocycles. The van der Waals surface area contributed by atoms with E-state index in [0.717, 1.165) is 19.3 Å². The van der Waals surface area contributed by atoms with Gasteiger partial charge in [-0.15, -0.1) is 0 Å². The first-order valence-corrected chi connectivity index (χ1v) is 7.53. The Hall–Kier alpha value is -0.130. The van der Waals surface area contributed by atoms with Gasteiger partial charge in [-0.05, 0) is 24.7 Å². The van der Waals surface area contributed by atoms with Crippen LogP contribution in [0.4, 0.5) is 0 Å². The van der Waals surface area contributed by atoms with Gasteiger partial charge in [-0.3, -0.25) is 9.87 Å². The highest BCUT2D eigenvalue weighted by Crippen LogP contribution is 2.25. The monoisotopic (exact) mass is 249 g/mol. The van der Waals surface area contributed by atoms with Gasteiger partial charge in [0.05, 0.1) is 0 Å². The van der Waals surface area contributed by atoms with E-state index in [1.165, 1.54) is 6.42 Å². The van der Waals surface area contributed by atoms with Crippen molar-refractivity contribution in [1.29, 1.82) is 0 Å². The van der Waals surface area contributed by atoms with E-state index in [1.54, 1.807) is 13.8 Å². The second-order valence-electron chi connectivity index (χ2n) is 5.31. The molecule has 0 aromatic heterocycles. The van der Waals surface area contributed by atoms with E-state index in [9.17, 15) is 8.42 Å². The molecule has 3 unspecified atom stereocenters. The molecule has 3 atom stereocenters. The normalized spacial score (nSPS) is 29.3. The summed E-state index contributed by atoms with van der Waals surface area (Å²) in [6.07, 6.45) is 4.35. The molecule has 0 bridgehead atoms. The van der Waals surface area contributed by atoms with Crippen molar-refractivity contribution in [2.45, 2.75) is 57.9 Å². The largest absolute Gasteiger partial charge is 0.296 e. The van der Waals surface area contributed by atoms with Crippen LogP contribution in [0.1, 0.15) is 46.5 Å². The lowest BCUT2D eigenvalue weighted by Crippen LogP contribution is -2.47. The first-order chi connectivity index (χ1) is 7.30. The maximum absolute atomic E-state index is 11.2. The summed E-state index contributed by atoms with van der Waals surface area (Å²) >= 11 is 0. The summed E-state index contributed by atoms with van der Waals surface area (Å²) in [5.74, 6) is 0.521. The molecular formula is C11H23NO3S. The van der Waals surface area contributed by atoms with Gasteiger partial charge in [0, 0.05) is 6.04 Å². The van der Waals surface area contributed by atoms with E-state index in [4.69, 9.17) is 4.55 Å². The van der Waals surface area contributed by atoms with Crippen LogP contribution >= 0.6 is 0 Å². The van der Waals surface area contributed by atoms with Crippen molar-refractivity contribution in [2.75, 3.05) is 0 Å². The van der Waals surface area contributed by atoms with Gasteiger partial charge >= 0.3 is 0 Å². The second-order valence-corrected chi connectivity index (χ2v) is 6.85. The van der Waals surface area contributed by atoms with E-state index < -0.39 is 15.5 Å². The third kappa shape index (κ3) is 4.03. The zero-order chi connectivity index (χ0) is 12.3. The number of nitrogens with one attached hydrogen (secondary N) is 1. The van der Waals surface area contributed by atoms with Crippen LogP contribution in [-0.4, -0.2) is 24.4 Å². The Labute approximate surface area is 98.6 Å². The lowest BCUT2D eigenvalue weighted by Gasteiger charge is -2.31. The topological polar surface area (TPSA) is 66.4 Å². The van der Waals surface area contributed by atoms with Crippen LogP contribution in [0.25, 0.3) is 0 Å². The van der Waals surface area contributed by atoms with Crippen molar-refractivity contribution >= 4 is 10.1 Å². The summed E-state index contributed by atoms with van der Waals surface area (Å²) in [5.41, 5.74) is 0. The molecule has 4 nitrogen and oxygen atoms in total. The molecule has 2 N–H and O–H groups in total. The Balaban J connectivity index is 2.62. The fourth-order valence-electron chi connectivity index (χ4n) is 2.44. The highest BCUT2D eigenvalue weighted by atomic mass is 32.2. The molecule has 16 heavy (non-hydrogen) atoms. The maximum Gasteiger partial charge on any atom is 0.281 e. The van der Waals surface area contributed by atoms with E-state index in [2.05, 4.69) is 12.2 Å². The molecule has 0 saturated heterocycles. The molecule has 0 radical (unpaired) electrons. The minimum atomic E-state index is -3.99. The minimum Gasteiger partial charge on any atom is -0.296 e. The molecule has 0 spiro atoms. The molecular weight excluding hydrogens is 226 g/mol. The van der Waals surface area contributed by atoms with Crippen LogP contribution in [0.2, 0.25) is 0 Å². The molecule has 5 heteroatoms. The Kier molecular flexibility index (Phi) is 4.76. The molecule has 0 heterocycles. The molecule has 1 rings (SSSR count). The first-order valence-electron chi connectivity index (χ1n) is 6.03. The summed E-state index contributed by atoms with van der Waals surface area (Å²) < 4.78 is 31.6. The van der Waals surface area contributed by atoms with Gasteiger partial charge in [-0.2, -0.15) is 8.42 Å². The van der Waals surface area contributed by atoms with Gasteiger partial charge in [0.25, 0.3) is 10.1 Å². The van der Waals surface area contributed by atoms with Crippen molar-refractivity contribution in [2.24, 2.45) is 11.8 Å². The fraction of sp³-hybridized carbons (Fsp3) is 1.00. The minimum absolute atomic E-state index is 0.118. The van der Waals surface area contributed by atoms with E-state index in [-0.39, 0.29) is 12.0 Å². The average Bonchev–Trinajstić information content (AvgIpc) is 2.12. The Morgan fingerprint density at radius 1 is 1.31 bits per heavy atom. The van der Waals surface area contributed by atoms with Gasteiger partial charge in [0.15, 0.2) is 0 Å². The predicted molar refractivity (Wildman–Crippen MR) is 64.7 cm³/mol. The second kappa shape index (κ2) is 5.47. The third-order valence-corrected chi connectivity index (χ3v) is 4.58. The third-order valence-electron chi connectivity index (χ3n) is 3.26. The maximum atomic E-state index is 11.2. The summed E-state index contributed by atoms with van der Waals surface area (Å²) in [5, 5.41) is 2.26. The quantitative estimate of drug-likeness (QED) is 0.748. The van der Waals surface area contributed by atoms with Crippen LogP contribution in [0.3, 0.4) is 0 Å². The van der Waals surface area contributed by atoms with Gasteiger partial charge < -0.3 is 0 Å². The smallest absolute Gasteiger partial charge is 0.281 e. The van der Waals surface area contributed by atoms with Gasteiger partial charge in [0.1, 0.15) is 5.37 Å². The highest BCUT2D eigenvalue weighted by molar-refractivity contribution is 7.86. The van der Waals surface area contributed by atoms with Crippen LogP contribution in [0.15, 0.2) is 0 Å². The average molecular weight is 249 g/mol. The van der Waals surface area contributed by atoms with Gasteiger partial charge in [-0.1, -0.05) is 33.6 Å². The SMILES string of the molecule is CC1CCCC(NC(C(C)C)S(=O)(=O)O)C1. The molecule has 0 aromatic rings. The zero-order valence-corrected chi connectivity index (χ0v) is 11.1. The van der Waals surface area contributed by atoms with Gasteiger partial charge in [-0.25, -0.2) is 0 Å². The molecule has 1 aliphatic rings. The Morgan fingerprint density at radius 2 is 1.94 bits per heavy atom. The molecule has 0 aliphatic heterocycles. The van der Waals surface area contributed by atoms with Crippen LogP contribution in [0.5, 0.6) is 0 Å².